The van der Waals surface area contributed by atoms with Crippen LogP contribution in [-0.2, 0) is 6.61 Å². The molecule has 0 heterocycles. The van der Waals surface area contributed by atoms with E-state index in [0.29, 0.717) is 22.6 Å². The van der Waals surface area contributed by atoms with Gasteiger partial charge in [-0.2, -0.15) is 0 Å². The van der Waals surface area contributed by atoms with Gasteiger partial charge in [-0.1, -0.05) is 12.1 Å². The number of rotatable bonds is 6. The van der Waals surface area contributed by atoms with E-state index in [1.807, 2.05) is 0 Å². The number of carbonyl (C=O) groups is 2. The predicted octanol–water partition coefficient (Wildman–Crippen LogP) is 2.58. The summed E-state index contributed by atoms with van der Waals surface area (Å²) < 4.78 is 10.8. The molecule has 0 aliphatic rings. The molecule has 0 fully saturated rings. The van der Waals surface area contributed by atoms with Crippen molar-refractivity contribution in [3.63, 3.8) is 0 Å². The molecule has 2 N–H and O–H groups in total. The zero-order valence-electron chi connectivity index (χ0n) is 12.5. The lowest BCUT2D eigenvalue weighted by Gasteiger charge is -2.11. The normalized spacial score (nSPS) is 10.1. The number of hydrogen-bond donors (Lipinski definition) is 1. The number of hydrogen-bond acceptors (Lipinski definition) is 4. The molecule has 2 aromatic rings. The van der Waals surface area contributed by atoms with Gasteiger partial charge in [0.15, 0.2) is 5.78 Å². The maximum Gasteiger partial charge on any atom is 0.248 e. The Balaban J connectivity index is 2.14. The SMILES string of the molecule is COc1ccc(OCc2ccc(C(N)=O)cc2)c(C(C)=O)c1. The van der Waals surface area contributed by atoms with Gasteiger partial charge in [-0.25, -0.2) is 0 Å². The minimum atomic E-state index is -0.471. The summed E-state index contributed by atoms with van der Waals surface area (Å²) >= 11 is 0. The minimum Gasteiger partial charge on any atom is -0.497 e. The third-order valence-corrected chi connectivity index (χ3v) is 3.20. The smallest absolute Gasteiger partial charge is 0.248 e. The molecule has 0 radical (unpaired) electrons. The number of benzene rings is 2. The summed E-state index contributed by atoms with van der Waals surface area (Å²) in [5, 5.41) is 0. The summed E-state index contributed by atoms with van der Waals surface area (Å²) in [6, 6.07) is 11.9. The second kappa shape index (κ2) is 6.76. The number of ketones is 1. The molecular formula is C17H17NO4. The van der Waals surface area contributed by atoms with Crippen LogP contribution in [0, 0.1) is 0 Å². The van der Waals surface area contributed by atoms with Crippen LogP contribution in [0.15, 0.2) is 42.5 Å². The Morgan fingerprint density at radius 1 is 1.09 bits per heavy atom. The summed E-state index contributed by atoms with van der Waals surface area (Å²) in [5.74, 6) is 0.523. The molecule has 2 rings (SSSR count). The maximum absolute atomic E-state index is 11.7. The zero-order valence-corrected chi connectivity index (χ0v) is 12.5. The van der Waals surface area contributed by atoms with Gasteiger partial charge in [0.05, 0.1) is 12.7 Å². The van der Waals surface area contributed by atoms with E-state index in [0.717, 1.165) is 5.56 Å². The molecule has 114 valence electrons. The van der Waals surface area contributed by atoms with Crippen molar-refractivity contribution in [2.45, 2.75) is 13.5 Å². The third kappa shape index (κ3) is 3.63. The summed E-state index contributed by atoms with van der Waals surface area (Å²) in [5.41, 5.74) is 6.97. The fraction of sp³-hybridized carbons (Fsp3) is 0.176. The molecule has 0 aliphatic heterocycles. The average molecular weight is 299 g/mol. The van der Waals surface area contributed by atoms with Crippen LogP contribution in [0.2, 0.25) is 0 Å². The first-order chi connectivity index (χ1) is 10.5. The lowest BCUT2D eigenvalue weighted by Crippen LogP contribution is -2.10. The number of primary amides is 1. The lowest BCUT2D eigenvalue weighted by atomic mass is 10.1. The van der Waals surface area contributed by atoms with Crippen LogP contribution >= 0.6 is 0 Å². The molecule has 0 saturated heterocycles. The van der Waals surface area contributed by atoms with E-state index in [1.54, 1.807) is 49.6 Å². The highest BCUT2D eigenvalue weighted by atomic mass is 16.5. The van der Waals surface area contributed by atoms with Crippen molar-refractivity contribution in [1.82, 2.24) is 0 Å². The highest BCUT2D eigenvalue weighted by Crippen LogP contribution is 2.25. The first kappa shape index (κ1) is 15.6. The predicted molar refractivity (Wildman–Crippen MR) is 82.3 cm³/mol. The number of Topliss-reactive ketones (excluding diaryl/α,β-unsaturated/α-hetero) is 1. The highest BCUT2D eigenvalue weighted by molar-refractivity contribution is 5.97. The van der Waals surface area contributed by atoms with Gasteiger partial charge in [0, 0.05) is 5.56 Å². The Bertz CT molecular complexity index is 692. The van der Waals surface area contributed by atoms with E-state index in [-0.39, 0.29) is 12.4 Å². The second-order valence-electron chi connectivity index (χ2n) is 4.77. The Morgan fingerprint density at radius 2 is 1.77 bits per heavy atom. The first-order valence-electron chi connectivity index (χ1n) is 6.72. The van der Waals surface area contributed by atoms with Crippen molar-refractivity contribution in [2.24, 2.45) is 5.73 Å². The lowest BCUT2D eigenvalue weighted by molar-refractivity contribution is 0.0994. The van der Waals surface area contributed by atoms with Crippen LogP contribution in [0.5, 0.6) is 11.5 Å². The van der Waals surface area contributed by atoms with Gasteiger partial charge in [0.25, 0.3) is 0 Å². The molecular weight excluding hydrogens is 282 g/mol. The van der Waals surface area contributed by atoms with Gasteiger partial charge in [-0.3, -0.25) is 9.59 Å². The summed E-state index contributed by atoms with van der Waals surface area (Å²) in [6.45, 7) is 1.76. The Labute approximate surface area is 128 Å². The highest BCUT2D eigenvalue weighted by Gasteiger charge is 2.10. The second-order valence-corrected chi connectivity index (χ2v) is 4.77. The molecule has 0 spiro atoms. The third-order valence-electron chi connectivity index (χ3n) is 3.20. The first-order valence-corrected chi connectivity index (χ1v) is 6.72. The fourth-order valence-electron chi connectivity index (χ4n) is 1.96. The summed E-state index contributed by atoms with van der Waals surface area (Å²) in [7, 11) is 1.54. The van der Waals surface area contributed by atoms with E-state index in [9.17, 15) is 9.59 Å². The number of ether oxygens (including phenoxy) is 2. The van der Waals surface area contributed by atoms with Crippen LogP contribution in [-0.4, -0.2) is 18.8 Å². The number of methoxy groups -OCH3 is 1. The van der Waals surface area contributed by atoms with Gasteiger partial charge in [-0.05, 0) is 42.8 Å². The van der Waals surface area contributed by atoms with Crippen molar-refractivity contribution in [2.75, 3.05) is 7.11 Å². The topological polar surface area (TPSA) is 78.6 Å². The molecule has 0 unspecified atom stereocenters. The molecule has 0 bridgehead atoms. The average Bonchev–Trinajstić information content (AvgIpc) is 2.53. The molecule has 0 aliphatic carbocycles. The van der Waals surface area contributed by atoms with Crippen LogP contribution < -0.4 is 15.2 Å². The van der Waals surface area contributed by atoms with Crippen LogP contribution in [0.4, 0.5) is 0 Å². The Morgan fingerprint density at radius 3 is 2.32 bits per heavy atom. The summed E-state index contributed by atoms with van der Waals surface area (Å²) in [6.07, 6.45) is 0. The zero-order chi connectivity index (χ0) is 16.1. The van der Waals surface area contributed by atoms with Crippen LogP contribution in [0.1, 0.15) is 33.2 Å². The Kier molecular flexibility index (Phi) is 4.78. The van der Waals surface area contributed by atoms with Gasteiger partial charge in [0.1, 0.15) is 18.1 Å². The quantitative estimate of drug-likeness (QED) is 0.831. The van der Waals surface area contributed by atoms with E-state index >= 15 is 0 Å². The molecule has 1 amide bonds. The number of amides is 1. The van der Waals surface area contributed by atoms with Crippen LogP contribution in [0.25, 0.3) is 0 Å². The summed E-state index contributed by atoms with van der Waals surface area (Å²) in [4.78, 5) is 22.7. The molecule has 5 nitrogen and oxygen atoms in total. The number of carbonyl (C=O) groups excluding carboxylic acids is 2. The molecule has 0 saturated carbocycles. The van der Waals surface area contributed by atoms with Crippen LogP contribution in [0.3, 0.4) is 0 Å². The molecule has 0 atom stereocenters. The largest absolute Gasteiger partial charge is 0.497 e. The standard InChI is InChI=1S/C17H17NO4/c1-11(19)15-9-14(21-2)7-8-16(15)22-10-12-3-5-13(6-4-12)17(18)20/h3-9H,10H2,1-2H3,(H2,18,20). The van der Waals surface area contributed by atoms with E-state index in [2.05, 4.69) is 0 Å². The fourth-order valence-corrected chi connectivity index (χ4v) is 1.96. The van der Waals surface area contributed by atoms with Gasteiger partial charge >= 0.3 is 0 Å². The molecule has 0 aromatic heterocycles. The van der Waals surface area contributed by atoms with E-state index in [1.165, 1.54) is 6.92 Å². The number of nitrogens with two attached hydrogens (primary N) is 1. The van der Waals surface area contributed by atoms with Crippen molar-refractivity contribution in [3.8, 4) is 11.5 Å². The molecule has 22 heavy (non-hydrogen) atoms. The monoisotopic (exact) mass is 299 g/mol. The van der Waals surface area contributed by atoms with E-state index < -0.39 is 5.91 Å². The van der Waals surface area contributed by atoms with E-state index in [4.69, 9.17) is 15.2 Å². The van der Waals surface area contributed by atoms with Crippen molar-refractivity contribution in [3.05, 3.63) is 59.2 Å². The van der Waals surface area contributed by atoms with Crippen molar-refractivity contribution >= 4 is 11.7 Å². The van der Waals surface area contributed by atoms with Gasteiger partial charge in [0.2, 0.25) is 5.91 Å². The van der Waals surface area contributed by atoms with Gasteiger partial charge < -0.3 is 15.2 Å². The maximum atomic E-state index is 11.7. The minimum absolute atomic E-state index is 0.0991. The van der Waals surface area contributed by atoms with Crippen molar-refractivity contribution < 1.29 is 19.1 Å². The Hall–Kier alpha value is -2.82. The van der Waals surface area contributed by atoms with Gasteiger partial charge in [-0.15, -0.1) is 0 Å². The molecule has 2 aromatic carbocycles. The van der Waals surface area contributed by atoms with Crippen molar-refractivity contribution in [1.29, 1.82) is 0 Å². The molecule has 5 heteroatoms.